The summed E-state index contributed by atoms with van der Waals surface area (Å²) in [6.07, 6.45) is 5.07. The van der Waals surface area contributed by atoms with Gasteiger partial charge in [0.1, 0.15) is 5.69 Å². The summed E-state index contributed by atoms with van der Waals surface area (Å²) in [5.41, 5.74) is 6.20. The van der Waals surface area contributed by atoms with Crippen molar-refractivity contribution < 1.29 is 9.59 Å². The van der Waals surface area contributed by atoms with Crippen LogP contribution in [0.2, 0.25) is 5.02 Å². The van der Waals surface area contributed by atoms with Gasteiger partial charge in [-0.1, -0.05) is 35.9 Å². The van der Waals surface area contributed by atoms with Crippen LogP contribution in [0, 0.1) is 6.92 Å². The zero-order valence-corrected chi connectivity index (χ0v) is 16.7. The Morgan fingerprint density at radius 2 is 1.62 bits per heavy atom. The molecule has 0 fully saturated rings. The SMILES string of the molecule is CCc1cnn(-c2ccc(-n3cc(-c4ccc(Cl)cc4)nn3)cc2)c1C.O=C=O. The van der Waals surface area contributed by atoms with Crippen LogP contribution in [0.5, 0.6) is 0 Å². The van der Waals surface area contributed by atoms with Crippen LogP contribution in [0.15, 0.2) is 60.9 Å². The molecule has 0 aliphatic rings. The smallest absolute Gasteiger partial charge is 0.238 e. The van der Waals surface area contributed by atoms with E-state index in [1.54, 1.807) is 4.68 Å². The van der Waals surface area contributed by atoms with Crippen LogP contribution < -0.4 is 0 Å². The van der Waals surface area contributed by atoms with Crippen LogP contribution in [0.3, 0.4) is 0 Å². The van der Waals surface area contributed by atoms with Gasteiger partial charge in [0.15, 0.2) is 0 Å². The van der Waals surface area contributed by atoms with Crippen LogP contribution >= 0.6 is 11.6 Å². The summed E-state index contributed by atoms with van der Waals surface area (Å²) in [4.78, 5) is 16.2. The maximum Gasteiger partial charge on any atom is 0.373 e. The molecular weight excluding hydrogens is 390 g/mol. The van der Waals surface area contributed by atoms with Crippen molar-refractivity contribution in [1.29, 1.82) is 0 Å². The summed E-state index contributed by atoms with van der Waals surface area (Å²) in [7, 11) is 0. The first kappa shape index (κ1) is 20.2. The number of aryl methyl sites for hydroxylation is 1. The molecule has 0 saturated heterocycles. The lowest BCUT2D eigenvalue weighted by atomic mass is 10.2. The van der Waals surface area contributed by atoms with Crippen molar-refractivity contribution in [1.82, 2.24) is 24.8 Å². The van der Waals surface area contributed by atoms with E-state index >= 15 is 0 Å². The molecule has 0 unspecified atom stereocenters. The topological polar surface area (TPSA) is 82.7 Å². The van der Waals surface area contributed by atoms with Crippen molar-refractivity contribution >= 4 is 17.8 Å². The summed E-state index contributed by atoms with van der Waals surface area (Å²) in [5, 5.41) is 13.7. The highest BCUT2D eigenvalue weighted by Crippen LogP contribution is 2.21. The van der Waals surface area contributed by atoms with E-state index in [1.807, 2.05) is 65.6 Å². The number of rotatable bonds is 4. The molecule has 7 nitrogen and oxygen atoms in total. The van der Waals surface area contributed by atoms with Crippen molar-refractivity contribution in [2.24, 2.45) is 0 Å². The molecule has 4 aromatic rings. The maximum absolute atomic E-state index is 8.12. The van der Waals surface area contributed by atoms with E-state index in [1.165, 1.54) is 11.3 Å². The monoisotopic (exact) mass is 407 g/mol. The standard InChI is InChI=1S/C20H18ClN5.CO2/c1-3-15-12-22-26(14(15)2)19-10-8-18(9-11-19)25-13-20(23-24-25)16-4-6-17(21)7-5-16;2-1-3/h4-13H,3H2,1-2H3;. The van der Waals surface area contributed by atoms with Crippen LogP contribution in [0.1, 0.15) is 18.2 Å². The molecule has 0 aliphatic heterocycles. The predicted octanol–water partition coefficient (Wildman–Crippen LogP) is 4.06. The third kappa shape index (κ3) is 4.48. The van der Waals surface area contributed by atoms with Gasteiger partial charge in [-0.3, -0.25) is 0 Å². The number of carbonyl (C=O) groups excluding carboxylic acids is 2. The van der Waals surface area contributed by atoms with Crippen LogP contribution in [0.4, 0.5) is 0 Å². The van der Waals surface area contributed by atoms with Gasteiger partial charge in [-0.25, -0.2) is 9.36 Å². The first-order chi connectivity index (χ1) is 14.1. The predicted molar refractivity (Wildman–Crippen MR) is 108 cm³/mol. The van der Waals surface area contributed by atoms with E-state index in [-0.39, 0.29) is 6.15 Å². The normalized spacial score (nSPS) is 10.2. The second-order valence-corrected chi connectivity index (χ2v) is 6.61. The molecule has 0 bridgehead atoms. The maximum atomic E-state index is 8.12. The number of hydrogen-bond donors (Lipinski definition) is 0. The number of hydrogen-bond acceptors (Lipinski definition) is 5. The Labute approximate surface area is 172 Å². The Hall–Kier alpha value is -3.54. The highest BCUT2D eigenvalue weighted by molar-refractivity contribution is 6.30. The first-order valence-corrected chi connectivity index (χ1v) is 9.27. The van der Waals surface area contributed by atoms with Gasteiger partial charge in [-0.2, -0.15) is 14.7 Å². The molecule has 29 heavy (non-hydrogen) atoms. The summed E-state index contributed by atoms with van der Waals surface area (Å²) < 4.78 is 3.73. The average Bonchev–Trinajstić information content (AvgIpc) is 3.36. The van der Waals surface area contributed by atoms with Crippen molar-refractivity contribution in [2.75, 3.05) is 0 Å². The zero-order valence-electron chi connectivity index (χ0n) is 15.9. The Morgan fingerprint density at radius 3 is 2.21 bits per heavy atom. The van der Waals surface area contributed by atoms with E-state index in [0.29, 0.717) is 5.02 Å². The molecule has 8 heteroatoms. The van der Waals surface area contributed by atoms with Gasteiger partial charge < -0.3 is 0 Å². The van der Waals surface area contributed by atoms with Gasteiger partial charge >= 0.3 is 6.15 Å². The van der Waals surface area contributed by atoms with E-state index in [2.05, 4.69) is 29.3 Å². The fourth-order valence-corrected chi connectivity index (χ4v) is 3.07. The second-order valence-electron chi connectivity index (χ2n) is 6.18. The fraction of sp³-hybridized carbons (Fsp3) is 0.143. The molecule has 2 heterocycles. The average molecular weight is 408 g/mol. The van der Waals surface area contributed by atoms with Crippen molar-refractivity contribution in [3.63, 3.8) is 0 Å². The molecule has 0 spiro atoms. The lowest BCUT2D eigenvalue weighted by Gasteiger charge is -2.06. The van der Waals surface area contributed by atoms with E-state index in [4.69, 9.17) is 21.2 Å². The Bertz CT molecular complexity index is 1120. The minimum absolute atomic E-state index is 0.250. The van der Waals surface area contributed by atoms with E-state index in [0.717, 1.165) is 29.1 Å². The summed E-state index contributed by atoms with van der Waals surface area (Å²) in [6, 6.07) is 15.7. The van der Waals surface area contributed by atoms with Crippen LogP contribution in [-0.4, -0.2) is 30.9 Å². The molecule has 0 saturated carbocycles. The molecule has 0 radical (unpaired) electrons. The van der Waals surface area contributed by atoms with Gasteiger partial charge in [-0.05, 0) is 55.3 Å². The lowest BCUT2D eigenvalue weighted by molar-refractivity contribution is -0.191. The van der Waals surface area contributed by atoms with Crippen LogP contribution in [-0.2, 0) is 16.0 Å². The lowest BCUT2D eigenvalue weighted by Crippen LogP contribution is -2.01. The Morgan fingerprint density at radius 1 is 1.00 bits per heavy atom. The van der Waals surface area contributed by atoms with Gasteiger partial charge in [0.05, 0.1) is 23.8 Å². The van der Waals surface area contributed by atoms with Crippen molar-refractivity contribution in [3.05, 3.63) is 77.2 Å². The third-order valence-electron chi connectivity index (χ3n) is 4.48. The Kier molecular flexibility index (Phi) is 6.34. The summed E-state index contributed by atoms with van der Waals surface area (Å²) in [5.74, 6) is 0. The quantitative estimate of drug-likeness (QED) is 0.509. The molecular formula is C21H18ClN5O2. The number of halogens is 1. The first-order valence-electron chi connectivity index (χ1n) is 8.89. The molecule has 0 aliphatic carbocycles. The zero-order chi connectivity index (χ0) is 20.8. The summed E-state index contributed by atoms with van der Waals surface area (Å²) in [6.45, 7) is 4.23. The minimum atomic E-state index is 0.250. The molecule has 0 N–H and O–H groups in total. The molecule has 0 atom stereocenters. The van der Waals surface area contributed by atoms with Gasteiger partial charge in [-0.15, -0.1) is 5.10 Å². The minimum Gasteiger partial charge on any atom is -0.238 e. The molecule has 0 amide bonds. The number of nitrogens with zero attached hydrogens (tertiary/aromatic N) is 5. The van der Waals surface area contributed by atoms with Gasteiger partial charge in [0, 0.05) is 16.3 Å². The van der Waals surface area contributed by atoms with Crippen molar-refractivity contribution in [2.45, 2.75) is 20.3 Å². The molecule has 146 valence electrons. The molecule has 4 rings (SSSR count). The fourth-order valence-electron chi connectivity index (χ4n) is 2.94. The Balaban J connectivity index is 0.000000755. The van der Waals surface area contributed by atoms with E-state index in [9.17, 15) is 0 Å². The van der Waals surface area contributed by atoms with Crippen molar-refractivity contribution in [3.8, 4) is 22.6 Å². The number of aromatic nitrogens is 5. The largest absolute Gasteiger partial charge is 0.373 e. The third-order valence-corrected chi connectivity index (χ3v) is 4.74. The highest BCUT2D eigenvalue weighted by atomic mass is 35.5. The van der Waals surface area contributed by atoms with Gasteiger partial charge in [0.25, 0.3) is 0 Å². The highest BCUT2D eigenvalue weighted by Gasteiger charge is 2.08. The van der Waals surface area contributed by atoms with Crippen LogP contribution in [0.25, 0.3) is 22.6 Å². The van der Waals surface area contributed by atoms with Gasteiger partial charge in [0.2, 0.25) is 0 Å². The molecule has 2 aromatic heterocycles. The van der Waals surface area contributed by atoms with E-state index < -0.39 is 0 Å². The summed E-state index contributed by atoms with van der Waals surface area (Å²) >= 11 is 5.94. The second kappa shape index (κ2) is 9.10. The number of benzene rings is 2. The molecule has 2 aromatic carbocycles.